The van der Waals surface area contributed by atoms with E-state index >= 15 is 0 Å². The Kier molecular flexibility index (Phi) is 19.8. The Hall–Kier alpha value is -0.553. The summed E-state index contributed by atoms with van der Waals surface area (Å²) in [4.78, 5) is 11.6. The first-order valence-corrected chi connectivity index (χ1v) is 17.9. The Labute approximate surface area is 240 Å². The number of aliphatic hydroxyl groups excluding tert-OH is 2. The highest BCUT2D eigenvalue weighted by molar-refractivity contribution is 6.61. The van der Waals surface area contributed by atoms with Crippen LogP contribution in [0.1, 0.15) is 123 Å². The van der Waals surface area contributed by atoms with E-state index in [0.717, 1.165) is 24.0 Å². The van der Waals surface area contributed by atoms with Gasteiger partial charge in [0.15, 0.2) is 6.10 Å². The van der Waals surface area contributed by atoms with E-state index in [-0.39, 0.29) is 13.2 Å². The monoisotopic (exact) mass is 576 g/mol. The van der Waals surface area contributed by atoms with Gasteiger partial charge in [-0.3, -0.25) is 0 Å². The standard InChI is InChI=1S/C30H61NO7Si/c1-5-6-7-8-9-10-11-12-13-14-15-16-17-18-19-20-22-31(3,4)23-21-26-39(36-25-24-32)37-27(2)28(33)29(38-39)30(34)35/h27-29,32-33H,5-26H2,1-4H3/p+1. The number of hydrogen-bond acceptors (Lipinski definition) is 6. The molecule has 0 aromatic rings. The van der Waals surface area contributed by atoms with Gasteiger partial charge in [0, 0.05) is 12.5 Å². The fourth-order valence-corrected chi connectivity index (χ4v) is 8.37. The molecule has 1 heterocycles. The molecule has 0 aromatic heterocycles. The van der Waals surface area contributed by atoms with Gasteiger partial charge in [-0.2, -0.15) is 0 Å². The van der Waals surface area contributed by atoms with Crippen LogP contribution >= 0.6 is 0 Å². The topological polar surface area (TPSA) is 105 Å². The van der Waals surface area contributed by atoms with Gasteiger partial charge in [-0.1, -0.05) is 96.8 Å². The number of carboxylic acid groups (broad SMARTS) is 1. The molecule has 39 heavy (non-hydrogen) atoms. The van der Waals surface area contributed by atoms with Crippen molar-refractivity contribution >= 4 is 14.8 Å². The largest absolute Gasteiger partial charge is 0.502 e. The van der Waals surface area contributed by atoms with Crippen LogP contribution in [-0.2, 0) is 18.1 Å². The van der Waals surface area contributed by atoms with Crippen molar-refractivity contribution in [3.05, 3.63) is 0 Å². The van der Waals surface area contributed by atoms with E-state index in [1.54, 1.807) is 6.92 Å². The Balaban J connectivity index is 2.16. The maximum absolute atomic E-state index is 11.6. The van der Waals surface area contributed by atoms with Gasteiger partial charge < -0.3 is 33.1 Å². The lowest BCUT2D eigenvalue weighted by molar-refractivity contribution is -0.890. The molecular formula is C30H62NO7Si+. The number of carbonyl (C=O) groups is 1. The molecule has 8 nitrogen and oxygen atoms in total. The second-order valence-corrected chi connectivity index (χ2v) is 14.9. The summed E-state index contributed by atoms with van der Waals surface area (Å²) in [5.74, 6) is -1.22. The molecule has 1 fully saturated rings. The van der Waals surface area contributed by atoms with Crippen molar-refractivity contribution in [2.45, 2.75) is 147 Å². The van der Waals surface area contributed by atoms with Crippen molar-refractivity contribution in [1.29, 1.82) is 0 Å². The molecule has 0 radical (unpaired) electrons. The summed E-state index contributed by atoms with van der Waals surface area (Å²) >= 11 is 0. The van der Waals surface area contributed by atoms with Crippen molar-refractivity contribution in [2.75, 3.05) is 40.4 Å². The molecule has 0 amide bonds. The van der Waals surface area contributed by atoms with Crippen LogP contribution in [0.5, 0.6) is 0 Å². The highest BCUT2D eigenvalue weighted by atomic mass is 28.4. The van der Waals surface area contributed by atoms with Crippen molar-refractivity contribution in [1.82, 2.24) is 0 Å². The minimum absolute atomic E-state index is 0.0266. The number of unbranched alkanes of at least 4 members (excludes halogenated alkanes) is 15. The molecule has 1 saturated heterocycles. The first-order valence-electron chi connectivity index (χ1n) is 16.0. The molecular weight excluding hydrogens is 514 g/mol. The predicted molar refractivity (Wildman–Crippen MR) is 159 cm³/mol. The van der Waals surface area contributed by atoms with Gasteiger partial charge in [0.2, 0.25) is 0 Å². The Morgan fingerprint density at radius 1 is 0.795 bits per heavy atom. The number of carboxylic acids is 1. The molecule has 1 rings (SSSR count). The minimum Gasteiger partial charge on any atom is -0.479 e. The van der Waals surface area contributed by atoms with Gasteiger partial charge >= 0.3 is 14.8 Å². The van der Waals surface area contributed by atoms with Crippen LogP contribution in [0, 0.1) is 0 Å². The van der Waals surface area contributed by atoms with E-state index in [0.29, 0.717) is 6.04 Å². The van der Waals surface area contributed by atoms with Crippen molar-refractivity contribution in [3.8, 4) is 0 Å². The van der Waals surface area contributed by atoms with Crippen LogP contribution in [0.25, 0.3) is 0 Å². The van der Waals surface area contributed by atoms with Gasteiger partial charge in [0.05, 0.1) is 46.5 Å². The zero-order valence-electron chi connectivity index (χ0n) is 25.7. The highest BCUT2D eigenvalue weighted by Gasteiger charge is 2.54. The van der Waals surface area contributed by atoms with E-state index in [2.05, 4.69) is 21.0 Å². The third-order valence-electron chi connectivity index (χ3n) is 7.98. The minimum atomic E-state index is -3.32. The van der Waals surface area contributed by atoms with Crippen LogP contribution in [0.15, 0.2) is 0 Å². The summed E-state index contributed by atoms with van der Waals surface area (Å²) in [6.07, 6.45) is 19.4. The second kappa shape index (κ2) is 21.2. The fourth-order valence-electron chi connectivity index (χ4n) is 5.47. The average Bonchev–Trinajstić information content (AvgIpc) is 2.89. The number of aliphatic hydroxyl groups is 2. The second-order valence-electron chi connectivity index (χ2n) is 12.2. The van der Waals surface area contributed by atoms with Crippen LogP contribution in [0.3, 0.4) is 0 Å². The lowest BCUT2D eigenvalue weighted by Gasteiger charge is -2.42. The zero-order valence-corrected chi connectivity index (χ0v) is 26.7. The van der Waals surface area contributed by atoms with E-state index < -0.39 is 33.1 Å². The van der Waals surface area contributed by atoms with E-state index in [1.807, 2.05) is 0 Å². The molecule has 4 unspecified atom stereocenters. The maximum Gasteiger partial charge on any atom is 0.502 e. The molecule has 0 bridgehead atoms. The Morgan fingerprint density at radius 2 is 1.26 bits per heavy atom. The lowest BCUT2D eigenvalue weighted by atomic mass is 10.0. The molecule has 0 saturated carbocycles. The van der Waals surface area contributed by atoms with E-state index in [9.17, 15) is 20.1 Å². The molecule has 9 heteroatoms. The number of hydrogen-bond donors (Lipinski definition) is 3. The number of quaternary nitrogens is 1. The summed E-state index contributed by atoms with van der Waals surface area (Å²) in [6, 6.07) is 0.467. The summed E-state index contributed by atoms with van der Waals surface area (Å²) in [5.41, 5.74) is 0. The predicted octanol–water partition coefficient (Wildman–Crippen LogP) is 5.91. The Morgan fingerprint density at radius 3 is 1.72 bits per heavy atom. The summed E-state index contributed by atoms with van der Waals surface area (Å²) in [5, 5.41) is 28.9. The van der Waals surface area contributed by atoms with Gasteiger partial charge in [0.1, 0.15) is 6.10 Å². The number of nitrogens with zero attached hydrogens (tertiary/aromatic N) is 1. The normalized spacial score (nSPS) is 23.8. The van der Waals surface area contributed by atoms with Crippen LogP contribution in [-0.4, -0.2) is 93.3 Å². The maximum atomic E-state index is 11.6. The molecule has 0 aliphatic carbocycles. The van der Waals surface area contributed by atoms with Gasteiger partial charge in [-0.25, -0.2) is 4.79 Å². The summed E-state index contributed by atoms with van der Waals surface area (Å²) in [6.45, 7) is 5.75. The van der Waals surface area contributed by atoms with Crippen LogP contribution in [0.4, 0.5) is 0 Å². The fraction of sp³-hybridized carbons (Fsp3) is 0.967. The van der Waals surface area contributed by atoms with Crippen LogP contribution in [0.2, 0.25) is 6.04 Å². The highest BCUT2D eigenvalue weighted by Crippen LogP contribution is 2.30. The average molecular weight is 577 g/mol. The third-order valence-corrected chi connectivity index (χ3v) is 10.9. The van der Waals surface area contributed by atoms with Gasteiger partial charge in [-0.15, -0.1) is 0 Å². The SMILES string of the molecule is CCCCCCCCCCCCCCCCCC[N+](C)(C)CCC[Si]1(OCCO)OC(C)C(O)C(C(=O)O)O1. The molecule has 232 valence electrons. The molecule has 1 aliphatic rings. The molecule has 0 spiro atoms. The molecule has 3 N–H and O–H groups in total. The number of rotatable bonds is 25. The first kappa shape index (κ1) is 36.5. The lowest BCUT2D eigenvalue weighted by Crippen LogP contribution is -2.63. The zero-order chi connectivity index (χ0) is 29.0. The molecule has 4 atom stereocenters. The summed E-state index contributed by atoms with van der Waals surface area (Å²) in [7, 11) is 1.13. The number of aliphatic carboxylic acids is 1. The smallest absolute Gasteiger partial charge is 0.479 e. The van der Waals surface area contributed by atoms with E-state index in [1.165, 1.54) is 103 Å². The third kappa shape index (κ3) is 16.5. The first-order chi connectivity index (χ1) is 18.7. The molecule has 0 aromatic carbocycles. The molecule has 1 aliphatic heterocycles. The summed E-state index contributed by atoms with van der Waals surface area (Å²) < 4.78 is 18.4. The van der Waals surface area contributed by atoms with E-state index in [4.69, 9.17) is 13.3 Å². The van der Waals surface area contributed by atoms with Gasteiger partial charge in [0.25, 0.3) is 0 Å². The van der Waals surface area contributed by atoms with Crippen molar-refractivity contribution in [2.24, 2.45) is 0 Å². The van der Waals surface area contributed by atoms with Crippen molar-refractivity contribution in [3.63, 3.8) is 0 Å². The quantitative estimate of drug-likeness (QED) is 0.0705. The van der Waals surface area contributed by atoms with Gasteiger partial charge in [-0.05, 0) is 19.8 Å². The van der Waals surface area contributed by atoms with Crippen molar-refractivity contribution < 1.29 is 37.9 Å². The van der Waals surface area contributed by atoms with Crippen LogP contribution < -0.4 is 0 Å². The Bertz CT molecular complexity index is 624.